The number of amides is 1. The third-order valence-corrected chi connectivity index (χ3v) is 5.50. The first-order valence-electron chi connectivity index (χ1n) is 10.0. The van der Waals surface area contributed by atoms with Gasteiger partial charge in [0.15, 0.2) is 0 Å². The molecule has 1 aliphatic rings. The van der Waals surface area contributed by atoms with Crippen LogP contribution in [0.2, 0.25) is 0 Å². The summed E-state index contributed by atoms with van der Waals surface area (Å²) < 4.78 is 5.29. The molecule has 1 aliphatic heterocycles. The fraction of sp³-hybridized carbons (Fsp3) is 0.292. The van der Waals surface area contributed by atoms with E-state index in [2.05, 4.69) is 11.2 Å². The maximum Gasteiger partial charge on any atom is 0.246 e. The lowest BCUT2D eigenvalue weighted by Crippen LogP contribution is -2.37. The Bertz CT molecular complexity index is 996. The van der Waals surface area contributed by atoms with Crippen molar-refractivity contribution in [1.82, 2.24) is 15.0 Å². The Morgan fingerprint density at radius 1 is 1.07 bits per heavy atom. The van der Waals surface area contributed by atoms with Crippen molar-refractivity contribution in [3.63, 3.8) is 0 Å². The Morgan fingerprint density at radius 2 is 1.83 bits per heavy atom. The number of carbonyl (C=O) groups excluding carboxylic acids is 1. The Kier molecular flexibility index (Phi) is 5.56. The van der Waals surface area contributed by atoms with Crippen molar-refractivity contribution >= 4 is 12.0 Å². The summed E-state index contributed by atoms with van der Waals surface area (Å²) in [6, 6.07) is 16.0. The predicted octanol–water partition coefficient (Wildman–Crippen LogP) is 4.77. The van der Waals surface area contributed by atoms with Gasteiger partial charge in [-0.1, -0.05) is 41.6 Å². The molecular weight excluding hydrogens is 362 g/mol. The molecule has 5 nitrogen and oxygen atoms in total. The molecule has 0 N–H and O–H groups in total. The topological polar surface area (TPSA) is 59.2 Å². The largest absolute Gasteiger partial charge is 0.361 e. The average molecular weight is 387 g/mol. The molecular formula is C24H25N3O2. The van der Waals surface area contributed by atoms with E-state index in [9.17, 15) is 4.79 Å². The second-order valence-electron chi connectivity index (χ2n) is 7.49. The number of hydrogen-bond donors (Lipinski definition) is 0. The molecule has 29 heavy (non-hydrogen) atoms. The molecule has 2 aromatic heterocycles. The first kappa shape index (κ1) is 19.1. The van der Waals surface area contributed by atoms with E-state index in [1.807, 2.05) is 67.3 Å². The number of aryl methyl sites for hydroxylation is 2. The van der Waals surface area contributed by atoms with Crippen LogP contribution in [-0.4, -0.2) is 34.0 Å². The van der Waals surface area contributed by atoms with E-state index in [0.717, 1.165) is 59.9 Å². The predicted molar refractivity (Wildman–Crippen MR) is 113 cm³/mol. The van der Waals surface area contributed by atoms with Crippen LogP contribution in [0.4, 0.5) is 0 Å². The number of carbonyl (C=O) groups is 1. The number of rotatable bonds is 4. The molecule has 1 fully saturated rings. The highest BCUT2D eigenvalue weighted by atomic mass is 16.5. The van der Waals surface area contributed by atoms with Gasteiger partial charge in [-0.2, -0.15) is 0 Å². The van der Waals surface area contributed by atoms with E-state index in [-0.39, 0.29) is 5.91 Å². The standard InChI is InChI=1S/C24H25N3O2/c1-17-24(18(2)29-26-17)22-10-6-9-21(25-22)20-13-15-27(16-14-20)23(28)12-11-19-7-4-3-5-8-19/h3-12,20H,13-16H2,1-2H3/b12-11+. The minimum absolute atomic E-state index is 0.0738. The molecule has 0 aliphatic carbocycles. The van der Waals surface area contributed by atoms with Gasteiger partial charge in [-0.3, -0.25) is 9.78 Å². The normalized spacial score (nSPS) is 15.2. The molecule has 3 heterocycles. The second-order valence-corrected chi connectivity index (χ2v) is 7.49. The van der Waals surface area contributed by atoms with E-state index in [4.69, 9.17) is 9.51 Å². The van der Waals surface area contributed by atoms with Gasteiger partial charge in [0.2, 0.25) is 5.91 Å². The molecule has 3 aromatic rings. The summed E-state index contributed by atoms with van der Waals surface area (Å²) in [7, 11) is 0. The van der Waals surface area contributed by atoms with Gasteiger partial charge in [0.1, 0.15) is 5.76 Å². The van der Waals surface area contributed by atoms with Gasteiger partial charge in [0.25, 0.3) is 0 Å². The Labute approximate surface area is 171 Å². The fourth-order valence-electron chi connectivity index (χ4n) is 3.90. The lowest BCUT2D eigenvalue weighted by Gasteiger charge is -2.31. The van der Waals surface area contributed by atoms with Crippen molar-refractivity contribution in [3.8, 4) is 11.3 Å². The van der Waals surface area contributed by atoms with Gasteiger partial charge in [0.05, 0.1) is 17.0 Å². The Balaban J connectivity index is 1.40. The second kappa shape index (κ2) is 8.43. The van der Waals surface area contributed by atoms with Crippen molar-refractivity contribution < 1.29 is 9.32 Å². The summed E-state index contributed by atoms with van der Waals surface area (Å²) in [6.45, 7) is 5.35. The molecule has 4 rings (SSSR count). The highest BCUT2D eigenvalue weighted by Crippen LogP contribution is 2.30. The quantitative estimate of drug-likeness (QED) is 0.605. The molecule has 0 bridgehead atoms. The zero-order valence-corrected chi connectivity index (χ0v) is 16.8. The van der Waals surface area contributed by atoms with Crippen LogP contribution in [0.5, 0.6) is 0 Å². The number of aromatic nitrogens is 2. The molecule has 1 amide bonds. The van der Waals surface area contributed by atoms with Crippen LogP contribution < -0.4 is 0 Å². The summed E-state index contributed by atoms with van der Waals surface area (Å²) in [4.78, 5) is 19.3. The summed E-state index contributed by atoms with van der Waals surface area (Å²) in [6.07, 6.45) is 5.39. The minimum atomic E-state index is 0.0738. The monoisotopic (exact) mass is 387 g/mol. The van der Waals surface area contributed by atoms with Crippen molar-refractivity contribution in [2.75, 3.05) is 13.1 Å². The Morgan fingerprint density at radius 3 is 2.52 bits per heavy atom. The van der Waals surface area contributed by atoms with Gasteiger partial charge in [0, 0.05) is 30.8 Å². The summed E-state index contributed by atoms with van der Waals surface area (Å²) in [5.74, 6) is 1.22. The number of piperidine rings is 1. The van der Waals surface area contributed by atoms with Crippen LogP contribution in [0.1, 0.15) is 41.5 Å². The molecule has 0 unspecified atom stereocenters. The smallest absolute Gasteiger partial charge is 0.246 e. The highest BCUT2D eigenvalue weighted by Gasteiger charge is 2.24. The summed E-state index contributed by atoms with van der Waals surface area (Å²) in [5, 5.41) is 4.04. The molecule has 1 saturated heterocycles. The van der Waals surface area contributed by atoms with Crippen LogP contribution in [0.25, 0.3) is 17.3 Å². The van der Waals surface area contributed by atoms with Crippen LogP contribution in [-0.2, 0) is 4.79 Å². The molecule has 1 aromatic carbocycles. The summed E-state index contributed by atoms with van der Waals surface area (Å²) >= 11 is 0. The van der Waals surface area contributed by atoms with Crippen molar-refractivity contribution in [1.29, 1.82) is 0 Å². The first-order valence-corrected chi connectivity index (χ1v) is 10.0. The lowest BCUT2D eigenvalue weighted by molar-refractivity contribution is -0.126. The van der Waals surface area contributed by atoms with Gasteiger partial charge in [-0.15, -0.1) is 0 Å². The maximum absolute atomic E-state index is 12.5. The number of likely N-dealkylation sites (tertiary alicyclic amines) is 1. The van der Waals surface area contributed by atoms with Gasteiger partial charge >= 0.3 is 0 Å². The Hall–Kier alpha value is -3.21. The molecule has 0 spiro atoms. The van der Waals surface area contributed by atoms with E-state index in [1.54, 1.807) is 6.08 Å². The fourth-order valence-corrected chi connectivity index (χ4v) is 3.90. The first-order chi connectivity index (χ1) is 14.1. The van der Waals surface area contributed by atoms with Crippen molar-refractivity contribution in [3.05, 3.63) is 77.3 Å². The molecule has 0 saturated carbocycles. The van der Waals surface area contributed by atoms with Gasteiger partial charge in [-0.05, 0) is 50.5 Å². The average Bonchev–Trinajstić information content (AvgIpc) is 3.11. The maximum atomic E-state index is 12.5. The van der Waals surface area contributed by atoms with E-state index in [0.29, 0.717) is 5.92 Å². The lowest BCUT2D eigenvalue weighted by atomic mass is 9.92. The third-order valence-electron chi connectivity index (χ3n) is 5.50. The van der Waals surface area contributed by atoms with Crippen LogP contribution in [0, 0.1) is 13.8 Å². The van der Waals surface area contributed by atoms with E-state index < -0.39 is 0 Å². The minimum Gasteiger partial charge on any atom is -0.361 e. The van der Waals surface area contributed by atoms with Crippen molar-refractivity contribution in [2.45, 2.75) is 32.6 Å². The molecule has 5 heteroatoms. The SMILES string of the molecule is Cc1noc(C)c1-c1cccc(C2CCN(C(=O)/C=C/c3ccccc3)CC2)n1. The zero-order chi connectivity index (χ0) is 20.2. The number of benzene rings is 1. The van der Waals surface area contributed by atoms with Crippen LogP contribution >= 0.6 is 0 Å². The van der Waals surface area contributed by atoms with Crippen LogP contribution in [0.15, 0.2) is 59.1 Å². The van der Waals surface area contributed by atoms with E-state index >= 15 is 0 Å². The highest BCUT2D eigenvalue weighted by molar-refractivity contribution is 5.91. The third kappa shape index (κ3) is 4.29. The molecule has 0 atom stereocenters. The van der Waals surface area contributed by atoms with Crippen molar-refractivity contribution in [2.24, 2.45) is 0 Å². The van der Waals surface area contributed by atoms with Gasteiger partial charge < -0.3 is 9.42 Å². The summed E-state index contributed by atoms with van der Waals surface area (Å²) in [5.41, 5.74) is 4.86. The number of pyridine rings is 1. The van der Waals surface area contributed by atoms with E-state index in [1.165, 1.54) is 0 Å². The molecule has 0 radical (unpaired) electrons. The molecule has 148 valence electrons. The number of hydrogen-bond acceptors (Lipinski definition) is 4. The van der Waals surface area contributed by atoms with Crippen LogP contribution in [0.3, 0.4) is 0 Å². The van der Waals surface area contributed by atoms with Gasteiger partial charge in [-0.25, -0.2) is 0 Å². The zero-order valence-electron chi connectivity index (χ0n) is 16.8. The number of nitrogens with zero attached hydrogens (tertiary/aromatic N) is 3.